The molecular weight excluding hydrogens is 712 g/mol. The summed E-state index contributed by atoms with van der Waals surface area (Å²) in [6, 6.07) is 44.7. The maximum atomic E-state index is 4.32. The van der Waals surface area contributed by atoms with Crippen LogP contribution in [0.1, 0.15) is 6.42 Å². The zero-order chi connectivity index (χ0) is 25.7. The summed E-state index contributed by atoms with van der Waals surface area (Å²) in [5.74, 6) is 0. The molecule has 0 amide bonds. The molecule has 0 nitrogen and oxygen atoms in total. The third kappa shape index (κ3) is 8.85. The fraction of sp³-hybridized carbons (Fsp3) is 0.152. The van der Waals surface area contributed by atoms with Crippen LogP contribution in [-0.2, 0) is 0 Å². The van der Waals surface area contributed by atoms with Gasteiger partial charge in [0.05, 0.1) is 0 Å². The van der Waals surface area contributed by atoms with E-state index in [9.17, 15) is 0 Å². The van der Waals surface area contributed by atoms with E-state index in [4.69, 9.17) is 0 Å². The normalized spacial score (nSPS) is 11.8. The topological polar surface area (TPSA) is 0 Å². The van der Waals surface area contributed by atoms with Crippen molar-refractivity contribution in [1.82, 2.24) is 0 Å². The van der Waals surface area contributed by atoms with Crippen LogP contribution in [0.4, 0.5) is 0 Å². The quantitative estimate of drug-likeness (QED) is 0.0688. The summed E-state index contributed by atoms with van der Waals surface area (Å²) in [6.45, 7) is 8.65. The standard InChI is InChI=1S/C33H36I2P2/c1-3-34(28-36(30-18-9-5-10-19-30)31-20-11-6-12-21-31)26-17-27-35(4-2)29-37(32-22-13-7-14-23-32)33-24-15-8-16-25-33/h3-16,18-25H,1-2,17,26-29H2. The SMILES string of the molecule is C=CI(CCCI(C=C)CP(c1ccccc1)c1ccccc1)CP(c1ccccc1)c1ccccc1. The molecule has 0 saturated heterocycles. The van der Waals surface area contributed by atoms with E-state index >= 15 is 0 Å². The van der Waals surface area contributed by atoms with E-state index in [1.807, 2.05) is 0 Å². The second-order valence-corrected chi connectivity index (χ2v) is 26.4. The van der Waals surface area contributed by atoms with Crippen LogP contribution >= 0.6 is 55.5 Å². The van der Waals surface area contributed by atoms with E-state index in [0.29, 0.717) is 0 Å². The van der Waals surface area contributed by atoms with Gasteiger partial charge in [0.1, 0.15) is 0 Å². The molecule has 0 fully saturated rings. The average Bonchev–Trinajstić information content (AvgIpc) is 2.98. The fourth-order valence-corrected chi connectivity index (χ4v) is 27.2. The monoisotopic (exact) mass is 748 g/mol. The first-order valence-corrected chi connectivity index (χ1v) is 24.1. The van der Waals surface area contributed by atoms with Crippen molar-refractivity contribution in [2.24, 2.45) is 0 Å². The molecular formula is C33H36I2P2. The molecule has 0 aromatic heterocycles. The van der Waals surface area contributed by atoms with Gasteiger partial charge >= 0.3 is 243 Å². The Hall–Kier alpha value is -1.32. The van der Waals surface area contributed by atoms with Crippen molar-refractivity contribution in [3.05, 3.63) is 143 Å². The molecule has 192 valence electrons. The van der Waals surface area contributed by atoms with Gasteiger partial charge in [0.2, 0.25) is 0 Å². The van der Waals surface area contributed by atoms with E-state index in [2.05, 4.69) is 143 Å². The zero-order valence-corrected chi connectivity index (χ0v) is 27.4. The molecule has 0 aliphatic rings. The van der Waals surface area contributed by atoms with Gasteiger partial charge in [0, 0.05) is 0 Å². The number of halogens is 2. The Bertz CT molecular complexity index is 1020. The molecule has 0 heterocycles. The summed E-state index contributed by atoms with van der Waals surface area (Å²) < 4.78 is 10.2. The van der Waals surface area contributed by atoms with Crippen molar-refractivity contribution in [3.63, 3.8) is 0 Å². The van der Waals surface area contributed by atoms with Gasteiger partial charge in [-0.2, -0.15) is 0 Å². The van der Waals surface area contributed by atoms with Crippen LogP contribution in [0, 0.1) is 0 Å². The van der Waals surface area contributed by atoms with Gasteiger partial charge in [0.15, 0.2) is 0 Å². The van der Waals surface area contributed by atoms with Crippen molar-refractivity contribution in [2.75, 3.05) is 17.2 Å². The molecule has 0 saturated carbocycles. The van der Waals surface area contributed by atoms with E-state index in [1.165, 1.54) is 44.8 Å². The number of alkyl halides is 4. The minimum atomic E-state index is -1.25. The van der Waals surface area contributed by atoms with Crippen molar-refractivity contribution in [2.45, 2.75) is 6.42 Å². The van der Waals surface area contributed by atoms with Gasteiger partial charge < -0.3 is 0 Å². The summed E-state index contributed by atoms with van der Waals surface area (Å²) >= 11 is -2.50. The molecule has 4 heteroatoms. The molecule has 0 N–H and O–H groups in total. The first kappa shape index (κ1) is 28.7. The molecule has 4 aromatic carbocycles. The van der Waals surface area contributed by atoms with Gasteiger partial charge in [-0.1, -0.05) is 0 Å². The Labute approximate surface area is 241 Å². The number of benzene rings is 4. The molecule has 4 rings (SSSR count). The molecule has 0 aliphatic heterocycles. The van der Waals surface area contributed by atoms with Crippen LogP contribution in [0.5, 0.6) is 0 Å². The predicted octanol–water partition coefficient (Wildman–Crippen LogP) is 8.86. The second kappa shape index (κ2) is 15.9. The van der Waals surface area contributed by atoms with Crippen LogP contribution in [0.2, 0.25) is 0 Å². The molecule has 0 spiro atoms. The molecule has 4 aromatic rings. The van der Waals surface area contributed by atoms with Crippen LogP contribution in [-0.4, -0.2) is 17.2 Å². The van der Waals surface area contributed by atoms with Crippen molar-refractivity contribution >= 4 is 76.7 Å². The summed E-state index contributed by atoms with van der Waals surface area (Å²) in [4.78, 5) is 0. The molecule has 37 heavy (non-hydrogen) atoms. The van der Waals surface area contributed by atoms with Crippen molar-refractivity contribution in [3.8, 4) is 0 Å². The Morgan fingerprint density at radius 1 is 0.459 bits per heavy atom. The van der Waals surface area contributed by atoms with Gasteiger partial charge in [-0.3, -0.25) is 0 Å². The van der Waals surface area contributed by atoms with Gasteiger partial charge in [-0.05, 0) is 0 Å². The Morgan fingerprint density at radius 3 is 0.973 bits per heavy atom. The first-order valence-electron chi connectivity index (χ1n) is 12.5. The summed E-state index contributed by atoms with van der Waals surface area (Å²) in [5, 5.41) is 6.01. The van der Waals surface area contributed by atoms with Crippen molar-refractivity contribution < 1.29 is 0 Å². The van der Waals surface area contributed by atoms with Gasteiger partial charge in [0.25, 0.3) is 0 Å². The Kier molecular flexibility index (Phi) is 12.4. The average molecular weight is 748 g/mol. The van der Waals surface area contributed by atoms with Crippen LogP contribution in [0.15, 0.2) is 143 Å². The number of rotatable bonds is 14. The molecule has 0 bridgehead atoms. The molecule has 0 atom stereocenters. The van der Waals surface area contributed by atoms with Gasteiger partial charge in [-0.15, -0.1) is 0 Å². The van der Waals surface area contributed by atoms with Crippen LogP contribution < -0.4 is 21.2 Å². The third-order valence-electron chi connectivity index (χ3n) is 6.01. The zero-order valence-electron chi connectivity index (χ0n) is 21.3. The fourth-order valence-electron chi connectivity index (χ4n) is 4.08. The number of hydrogen-bond donors (Lipinski definition) is 0. The summed E-state index contributed by atoms with van der Waals surface area (Å²) in [7, 11) is -0.624. The van der Waals surface area contributed by atoms with E-state index in [-0.39, 0.29) is 15.8 Å². The third-order valence-corrected chi connectivity index (χ3v) is 26.9. The Balaban J connectivity index is 1.40. The maximum absolute atomic E-state index is 4.32. The number of hydrogen-bond acceptors (Lipinski definition) is 0. The molecule has 0 unspecified atom stereocenters. The van der Waals surface area contributed by atoms with Gasteiger partial charge in [-0.25, -0.2) is 0 Å². The molecule has 0 radical (unpaired) electrons. The Morgan fingerprint density at radius 2 is 0.730 bits per heavy atom. The van der Waals surface area contributed by atoms with Crippen LogP contribution in [0.3, 0.4) is 0 Å². The second-order valence-electron chi connectivity index (χ2n) is 8.47. The van der Waals surface area contributed by atoms with E-state index < -0.39 is 39.6 Å². The van der Waals surface area contributed by atoms with E-state index in [1.54, 1.807) is 0 Å². The minimum absolute atomic E-state index is 0.312. The van der Waals surface area contributed by atoms with Crippen LogP contribution in [0.25, 0.3) is 0 Å². The predicted molar refractivity (Wildman–Crippen MR) is 191 cm³/mol. The summed E-state index contributed by atoms with van der Waals surface area (Å²) in [6.07, 6.45) is 1.34. The molecule has 0 aliphatic carbocycles. The van der Waals surface area contributed by atoms with E-state index in [0.717, 1.165) is 0 Å². The van der Waals surface area contributed by atoms with Crippen molar-refractivity contribution in [1.29, 1.82) is 0 Å². The first-order chi connectivity index (χ1) is 18.3. The summed E-state index contributed by atoms with van der Waals surface area (Å²) in [5.41, 5.74) is 0.